The SMILES string of the molecule is COc1ccc(C(=O)N2CCCC2c2nc3ccccc3[nH]2)cc1[N+](=O)[O-]. The highest BCUT2D eigenvalue weighted by Gasteiger charge is 2.33. The number of amides is 1. The standard InChI is InChI=1S/C19H18N4O4/c1-27-17-9-8-12(11-16(17)23(25)26)19(24)22-10-4-7-15(22)18-20-13-5-2-3-6-14(13)21-18/h2-3,5-6,8-9,11,15H,4,7,10H2,1H3,(H,20,21). The zero-order chi connectivity index (χ0) is 19.0. The molecule has 138 valence electrons. The summed E-state index contributed by atoms with van der Waals surface area (Å²) in [6.45, 7) is 0.584. The van der Waals surface area contributed by atoms with Crippen LogP contribution < -0.4 is 4.74 Å². The number of H-pyrrole nitrogens is 1. The Bertz CT molecular complexity index is 996. The van der Waals surface area contributed by atoms with E-state index in [1.807, 2.05) is 24.3 Å². The highest BCUT2D eigenvalue weighted by molar-refractivity contribution is 5.95. The van der Waals surface area contributed by atoms with Crippen LogP contribution in [0, 0.1) is 10.1 Å². The fourth-order valence-electron chi connectivity index (χ4n) is 3.56. The second-order valence-electron chi connectivity index (χ2n) is 6.44. The molecule has 1 saturated heterocycles. The van der Waals surface area contributed by atoms with Crippen LogP contribution in [-0.2, 0) is 0 Å². The smallest absolute Gasteiger partial charge is 0.311 e. The molecule has 0 saturated carbocycles. The Kier molecular flexibility index (Phi) is 4.23. The predicted octanol–water partition coefficient (Wildman–Crippen LogP) is 3.46. The van der Waals surface area contributed by atoms with Crippen LogP contribution in [0.1, 0.15) is 35.1 Å². The molecule has 0 aliphatic carbocycles. The second kappa shape index (κ2) is 6.71. The van der Waals surface area contributed by atoms with E-state index in [0.29, 0.717) is 6.54 Å². The van der Waals surface area contributed by atoms with Crippen LogP contribution in [0.5, 0.6) is 5.75 Å². The molecule has 2 heterocycles. The number of carbonyl (C=O) groups excluding carboxylic acids is 1. The zero-order valence-electron chi connectivity index (χ0n) is 14.7. The molecule has 0 radical (unpaired) electrons. The lowest BCUT2D eigenvalue weighted by atomic mass is 10.1. The van der Waals surface area contributed by atoms with Crippen LogP contribution in [0.15, 0.2) is 42.5 Å². The van der Waals surface area contributed by atoms with Crippen LogP contribution in [-0.4, -0.2) is 39.4 Å². The third-order valence-corrected chi connectivity index (χ3v) is 4.86. The number of nitrogens with zero attached hydrogens (tertiary/aromatic N) is 3. The first-order chi connectivity index (χ1) is 13.1. The largest absolute Gasteiger partial charge is 0.490 e. The summed E-state index contributed by atoms with van der Waals surface area (Å²) in [4.78, 5) is 33.4. The Balaban J connectivity index is 1.66. The number of nitrogens with one attached hydrogen (secondary N) is 1. The van der Waals surface area contributed by atoms with Crippen molar-refractivity contribution in [3.63, 3.8) is 0 Å². The first-order valence-corrected chi connectivity index (χ1v) is 8.66. The van der Waals surface area contributed by atoms with Crippen molar-refractivity contribution in [2.45, 2.75) is 18.9 Å². The van der Waals surface area contributed by atoms with Crippen molar-refractivity contribution in [3.8, 4) is 5.75 Å². The summed E-state index contributed by atoms with van der Waals surface area (Å²) in [5, 5.41) is 11.2. The minimum absolute atomic E-state index is 0.131. The van der Waals surface area contributed by atoms with E-state index < -0.39 is 4.92 Å². The molecule has 8 heteroatoms. The molecule has 1 unspecified atom stereocenters. The van der Waals surface area contributed by atoms with Gasteiger partial charge in [-0.25, -0.2) is 4.98 Å². The summed E-state index contributed by atoms with van der Waals surface area (Å²) in [5.41, 5.74) is 1.83. The average Bonchev–Trinajstić information content (AvgIpc) is 3.33. The van der Waals surface area contributed by atoms with Crippen LogP contribution >= 0.6 is 0 Å². The Hall–Kier alpha value is -3.42. The molecule has 4 rings (SSSR count). The van der Waals surface area contributed by atoms with Crippen LogP contribution in [0.2, 0.25) is 0 Å². The number of aromatic amines is 1. The lowest BCUT2D eigenvalue weighted by Crippen LogP contribution is -2.31. The number of nitro benzene ring substituents is 1. The van der Waals surface area contributed by atoms with Gasteiger partial charge in [0.25, 0.3) is 5.91 Å². The zero-order valence-corrected chi connectivity index (χ0v) is 14.7. The summed E-state index contributed by atoms with van der Waals surface area (Å²) in [6, 6.07) is 11.8. The highest BCUT2D eigenvalue weighted by atomic mass is 16.6. The number of methoxy groups -OCH3 is 1. The summed E-state index contributed by atoms with van der Waals surface area (Å²) < 4.78 is 5.01. The number of nitro groups is 1. The molecule has 1 aliphatic heterocycles. The van der Waals surface area contributed by atoms with Gasteiger partial charge in [0.1, 0.15) is 5.82 Å². The summed E-state index contributed by atoms with van der Waals surface area (Å²) in [5.74, 6) is 0.626. The summed E-state index contributed by atoms with van der Waals surface area (Å²) >= 11 is 0. The molecule has 1 N–H and O–H groups in total. The van der Waals surface area contributed by atoms with Gasteiger partial charge in [-0.15, -0.1) is 0 Å². The Morgan fingerprint density at radius 3 is 2.89 bits per heavy atom. The van der Waals surface area contributed by atoms with Gasteiger partial charge in [0.15, 0.2) is 5.75 Å². The van der Waals surface area contributed by atoms with E-state index in [1.165, 1.54) is 19.2 Å². The Morgan fingerprint density at radius 1 is 1.33 bits per heavy atom. The Labute approximate surface area is 154 Å². The van der Waals surface area contributed by atoms with E-state index in [9.17, 15) is 14.9 Å². The molecule has 1 amide bonds. The van der Waals surface area contributed by atoms with Crippen molar-refractivity contribution in [3.05, 3.63) is 64.0 Å². The van der Waals surface area contributed by atoms with Gasteiger partial charge in [-0.1, -0.05) is 12.1 Å². The topological polar surface area (TPSA) is 101 Å². The maximum Gasteiger partial charge on any atom is 0.311 e. The number of para-hydroxylation sites is 2. The maximum absolute atomic E-state index is 13.0. The van der Waals surface area contributed by atoms with Crippen molar-refractivity contribution in [1.29, 1.82) is 0 Å². The van der Waals surface area contributed by atoms with Crippen LogP contribution in [0.3, 0.4) is 0 Å². The van der Waals surface area contributed by atoms with Gasteiger partial charge in [0.2, 0.25) is 0 Å². The molecule has 0 bridgehead atoms. The van der Waals surface area contributed by atoms with Gasteiger partial charge in [0.05, 0.1) is 29.1 Å². The molecular formula is C19H18N4O4. The number of fused-ring (bicyclic) bond motifs is 1. The third-order valence-electron chi connectivity index (χ3n) is 4.86. The van der Waals surface area contributed by atoms with Crippen molar-refractivity contribution in [2.24, 2.45) is 0 Å². The molecule has 1 atom stereocenters. The lowest BCUT2D eigenvalue weighted by Gasteiger charge is -2.23. The molecule has 2 aromatic carbocycles. The van der Waals surface area contributed by atoms with Gasteiger partial charge >= 0.3 is 5.69 Å². The number of carbonyl (C=O) groups is 1. The average molecular weight is 366 g/mol. The quantitative estimate of drug-likeness (QED) is 0.563. The van der Waals surface area contributed by atoms with E-state index in [4.69, 9.17) is 4.74 Å². The first-order valence-electron chi connectivity index (χ1n) is 8.66. The number of rotatable bonds is 4. The normalized spacial score (nSPS) is 16.6. The molecule has 1 fully saturated rings. The monoisotopic (exact) mass is 366 g/mol. The number of benzene rings is 2. The van der Waals surface area contributed by atoms with E-state index in [0.717, 1.165) is 29.7 Å². The van der Waals surface area contributed by atoms with E-state index in [1.54, 1.807) is 11.0 Å². The Morgan fingerprint density at radius 2 is 2.15 bits per heavy atom. The van der Waals surface area contributed by atoms with Gasteiger partial charge in [-0.2, -0.15) is 0 Å². The van der Waals surface area contributed by atoms with E-state index in [-0.39, 0.29) is 28.9 Å². The summed E-state index contributed by atoms with van der Waals surface area (Å²) in [6.07, 6.45) is 1.65. The van der Waals surface area contributed by atoms with Gasteiger partial charge < -0.3 is 14.6 Å². The van der Waals surface area contributed by atoms with Gasteiger partial charge in [-0.05, 0) is 37.1 Å². The third kappa shape index (κ3) is 2.99. The van der Waals surface area contributed by atoms with Crippen molar-refractivity contribution < 1.29 is 14.5 Å². The van der Waals surface area contributed by atoms with Gasteiger partial charge in [-0.3, -0.25) is 14.9 Å². The number of likely N-dealkylation sites (tertiary alicyclic amines) is 1. The van der Waals surface area contributed by atoms with Gasteiger partial charge in [0, 0.05) is 18.2 Å². The lowest BCUT2D eigenvalue weighted by molar-refractivity contribution is -0.385. The van der Waals surface area contributed by atoms with Crippen LogP contribution in [0.25, 0.3) is 11.0 Å². The van der Waals surface area contributed by atoms with Crippen molar-refractivity contribution in [2.75, 3.05) is 13.7 Å². The molecular weight excluding hydrogens is 348 g/mol. The fourth-order valence-corrected chi connectivity index (χ4v) is 3.56. The molecule has 8 nitrogen and oxygen atoms in total. The molecule has 3 aromatic rings. The number of hydrogen-bond donors (Lipinski definition) is 1. The fraction of sp³-hybridized carbons (Fsp3) is 0.263. The number of ether oxygens (including phenoxy) is 1. The maximum atomic E-state index is 13.0. The molecule has 27 heavy (non-hydrogen) atoms. The number of hydrogen-bond acceptors (Lipinski definition) is 5. The molecule has 0 spiro atoms. The minimum atomic E-state index is -0.545. The second-order valence-corrected chi connectivity index (χ2v) is 6.44. The highest BCUT2D eigenvalue weighted by Crippen LogP contribution is 2.34. The van der Waals surface area contributed by atoms with E-state index >= 15 is 0 Å². The summed E-state index contributed by atoms with van der Waals surface area (Å²) in [7, 11) is 1.36. The van der Waals surface area contributed by atoms with Crippen molar-refractivity contribution >= 4 is 22.6 Å². The first kappa shape index (κ1) is 17.0. The van der Waals surface area contributed by atoms with Crippen LogP contribution in [0.4, 0.5) is 5.69 Å². The molecule has 1 aromatic heterocycles. The number of aromatic nitrogens is 2. The molecule has 1 aliphatic rings. The minimum Gasteiger partial charge on any atom is -0.490 e. The van der Waals surface area contributed by atoms with Crippen molar-refractivity contribution in [1.82, 2.24) is 14.9 Å². The van der Waals surface area contributed by atoms with E-state index in [2.05, 4.69) is 9.97 Å². The predicted molar refractivity (Wildman–Crippen MR) is 98.8 cm³/mol. The number of imidazole rings is 1.